The van der Waals surface area contributed by atoms with Crippen molar-refractivity contribution in [2.75, 3.05) is 0 Å². The number of nitrogens with one attached hydrogen (secondary N) is 1. The number of aromatic nitrogens is 8. The molecule has 0 fully saturated rings. The molecule has 0 amide bonds. The molecule has 10 heteroatoms. The number of hydrogen-bond donors (Lipinski definition) is 2. The third kappa shape index (κ3) is 3.75. The highest BCUT2D eigenvalue weighted by Crippen LogP contribution is 2.25. The lowest BCUT2D eigenvalue weighted by molar-refractivity contribution is 0.0697. The molecule has 10 nitrogen and oxygen atoms in total. The van der Waals surface area contributed by atoms with Gasteiger partial charge in [-0.15, -0.1) is 20.4 Å². The first-order chi connectivity index (χ1) is 13.6. The van der Waals surface area contributed by atoms with Gasteiger partial charge in [0, 0.05) is 0 Å². The molecule has 0 spiro atoms. The van der Waals surface area contributed by atoms with Gasteiger partial charge in [-0.2, -0.15) is 10.0 Å². The molecule has 28 heavy (non-hydrogen) atoms. The van der Waals surface area contributed by atoms with E-state index in [1.165, 1.54) is 4.80 Å². The summed E-state index contributed by atoms with van der Waals surface area (Å²) in [7, 11) is 0. The second-order valence-electron chi connectivity index (χ2n) is 6.27. The fraction of sp³-hybridized carbons (Fsp3) is 0.167. The molecule has 4 rings (SSSR count). The Balaban J connectivity index is 1.46. The number of rotatable bonds is 6. The molecular weight excluding hydrogens is 360 g/mol. The van der Waals surface area contributed by atoms with Gasteiger partial charge in [0.2, 0.25) is 0 Å². The van der Waals surface area contributed by atoms with Crippen LogP contribution in [0.1, 0.15) is 33.1 Å². The Bertz CT molecular complexity index is 1100. The van der Waals surface area contributed by atoms with E-state index in [9.17, 15) is 4.79 Å². The van der Waals surface area contributed by atoms with Crippen LogP contribution in [-0.2, 0) is 13.0 Å². The Kier molecular flexibility index (Phi) is 4.58. The van der Waals surface area contributed by atoms with E-state index in [0.717, 1.165) is 22.3 Å². The minimum absolute atomic E-state index is 0.284. The van der Waals surface area contributed by atoms with Crippen molar-refractivity contribution in [2.24, 2.45) is 0 Å². The van der Waals surface area contributed by atoms with Crippen molar-refractivity contribution in [2.45, 2.75) is 19.9 Å². The molecule has 0 saturated heterocycles. The molecule has 2 aromatic carbocycles. The summed E-state index contributed by atoms with van der Waals surface area (Å²) in [6.07, 6.45) is 0.362. The van der Waals surface area contributed by atoms with Gasteiger partial charge >= 0.3 is 5.97 Å². The molecule has 0 aliphatic rings. The number of carboxylic acid groups (broad SMARTS) is 1. The van der Waals surface area contributed by atoms with Gasteiger partial charge in [0.15, 0.2) is 11.6 Å². The molecule has 4 aromatic rings. The first-order valence-corrected chi connectivity index (χ1v) is 8.51. The summed E-state index contributed by atoms with van der Waals surface area (Å²) < 4.78 is 0. The Morgan fingerprint density at radius 3 is 2.61 bits per heavy atom. The summed E-state index contributed by atoms with van der Waals surface area (Å²) >= 11 is 0. The molecule has 0 bridgehead atoms. The lowest BCUT2D eigenvalue weighted by Crippen LogP contribution is -2.04. The van der Waals surface area contributed by atoms with Crippen molar-refractivity contribution in [3.63, 3.8) is 0 Å². The molecule has 2 heterocycles. The molecule has 0 aliphatic carbocycles. The average molecular weight is 376 g/mol. The molecule has 2 N–H and O–H groups in total. The minimum atomic E-state index is -0.927. The van der Waals surface area contributed by atoms with E-state index >= 15 is 0 Å². The number of tetrazole rings is 2. The maximum atomic E-state index is 11.1. The predicted octanol–water partition coefficient (Wildman–Crippen LogP) is 1.50. The zero-order valence-electron chi connectivity index (χ0n) is 14.9. The van der Waals surface area contributed by atoms with Crippen molar-refractivity contribution < 1.29 is 9.90 Å². The number of aromatic carboxylic acids is 1. The molecule has 0 unspecified atom stereocenters. The fourth-order valence-electron chi connectivity index (χ4n) is 2.89. The number of carbonyl (C=O) groups is 1. The molecule has 0 saturated carbocycles. The van der Waals surface area contributed by atoms with Crippen molar-refractivity contribution in [3.05, 3.63) is 70.8 Å². The van der Waals surface area contributed by atoms with E-state index in [4.69, 9.17) is 5.11 Å². The predicted molar refractivity (Wildman–Crippen MR) is 97.5 cm³/mol. The van der Waals surface area contributed by atoms with Gasteiger partial charge in [0.05, 0.1) is 18.5 Å². The maximum absolute atomic E-state index is 11.1. The van der Waals surface area contributed by atoms with Gasteiger partial charge in [-0.3, -0.25) is 0 Å². The zero-order valence-corrected chi connectivity index (χ0v) is 14.9. The highest BCUT2D eigenvalue weighted by molar-refractivity contribution is 5.89. The average Bonchev–Trinajstić information content (AvgIpc) is 3.35. The van der Waals surface area contributed by atoms with Gasteiger partial charge in [-0.25, -0.2) is 4.79 Å². The summed E-state index contributed by atoms with van der Waals surface area (Å²) in [6, 6.07) is 13.1. The van der Waals surface area contributed by atoms with E-state index in [0.29, 0.717) is 24.6 Å². The van der Waals surface area contributed by atoms with Crippen molar-refractivity contribution >= 4 is 5.97 Å². The molecule has 2 aromatic heterocycles. The van der Waals surface area contributed by atoms with Crippen molar-refractivity contribution in [1.29, 1.82) is 0 Å². The molecule has 0 atom stereocenters. The maximum Gasteiger partial charge on any atom is 0.335 e. The van der Waals surface area contributed by atoms with Gasteiger partial charge in [-0.1, -0.05) is 35.5 Å². The largest absolute Gasteiger partial charge is 0.478 e. The summed E-state index contributed by atoms with van der Waals surface area (Å²) in [4.78, 5) is 12.6. The van der Waals surface area contributed by atoms with Crippen LogP contribution < -0.4 is 0 Å². The lowest BCUT2D eigenvalue weighted by atomic mass is 9.97. The zero-order chi connectivity index (χ0) is 19.5. The smallest absolute Gasteiger partial charge is 0.335 e. The summed E-state index contributed by atoms with van der Waals surface area (Å²) in [5.74, 6) is 0.101. The number of carboxylic acids is 1. The van der Waals surface area contributed by atoms with Crippen LogP contribution in [0.15, 0.2) is 42.5 Å². The number of H-pyrrole nitrogens is 1. The Labute approximate surface area is 159 Å². The first-order valence-electron chi connectivity index (χ1n) is 8.51. The number of benzene rings is 2. The van der Waals surface area contributed by atoms with Crippen molar-refractivity contribution in [1.82, 2.24) is 40.8 Å². The molecule has 140 valence electrons. The second-order valence-corrected chi connectivity index (χ2v) is 6.27. The van der Waals surface area contributed by atoms with Crippen LogP contribution in [-0.4, -0.2) is 51.9 Å². The van der Waals surface area contributed by atoms with Gasteiger partial charge in [0.25, 0.3) is 0 Å². The van der Waals surface area contributed by atoms with Crippen LogP contribution in [0.5, 0.6) is 0 Å². The van der Waals surface area contributed by atoms with Gasteiger partial charge in [0.1, 0.15) is 0 Å². The SMILES string of the molecule is Cc1cc(C(=O)O)ccc1-c1ccc(Cn2nnc(Cc3nn[nH]n3)n2)cc1. The quantitative estimate of drug-likeness (QED) is 0.517. The lowest BCUT2D eigenvalue weighted by Gasteiger charge is -2.08. The number of aryl methyl sites for hydroxylation is 1. The number of nitrogens with zero attached hydrogens (tertiary/aromatic N) is 7. The van der Waals surface area contributed by atoms with Crippen molar-refractivity contribution in [3.8, 4) is 11.1 Å². The van der Waals surface area contributed by atoms with Crippen LogP contribution in [0.3, 0.4) is 0 Å². The van der Waals surface area contributed by atoms with E-state index < -0.39 is 5.97 Å². The molecular formula is C18H16N8O2. The van der Waals surface area contributed by atoms with E-state index in [2.05, 4.69) is 36.0 Å². The van der Waals surface area contributed by atoms with E-state index in [1.807, 2.05) is 37.3 Å². The second kappa shape index (κ2) is 7.35. The van der Waals surface area contributed by atoms with Crippen LogP contribution in [0, 0.1) is 6.92 Å². The normalized spacial score (nSPS) is 10.9. The topological polar surface area (TPSA) is 135 Å². The standard InChI is InChI=1S/C18H16N8O2/c1-11-8-14(18(27)28)6-7-15(11)13-4-2-12(3-5-13)10-26-22-17(21-25-26)9-16-19-23-24-20-16/h2-8H,9-10H2,1H3,(H,27,28)(H,19,20,23,24). The number of hydrogen-bond acceptors (Lipinski definition) is 7. The third-order valence-electron chi connectivity index (χ3n) is 4.26. The van der Waals surface area contributed by atoms with Gasteiger partial charge in [-0.05, 0) is 46.5 Å². The van der Waals surface area contributed by atoms with E-state index in [1.54, 1.807) is 12.1 Å². The first kappa shape index (κ1) is 17.5. The fourth-order valence-corrected chi connectivity index (χ4v) is 2.89. The summed E-state index contributed by atoms with van der Waals surface area (Å²) in [6.45, 7) is 2.39. The van der Waals surface area contributed by atoms with E-state index in [-0.39, 0.29) is 5.56 Å². The minimum Gasteiger partial charge on any atom is -0.478 e. The molecule has 0 radical (unpaired) electrons. The van der Waals surface area contributed by atoms with Crippen LogP contribution in [0.2, 0.25) is 0 Å². The van der Waals surface area contributed by atoms with Crippen LogP contribution in [0.25, 0.3) is 11.1 Å². The van der Waals surface area contributed by atoms with Crippen LogP contribution >= 0.6 is 0 Å². The summed E-state index contributed by atoms with van der Waals surface area (Å²) in [5.41, 5.74) is 4.23. The highest BCUT2D eigenvalue weighted by Gasteiger charge is 2.09. The summed E-state index contributed by atoms with van der Waals surface area (Å²) in [5, 5.41) is 35.1. The monoisotopic (exact) mass is 376 g/mol. The molecule has 0 aliphatic heterocycles. The Hall–Kier alpha value is -3.95. The Morgan fingerprint density at radius 1 is 1.11 bits per heavy atom. The van der Waals surface area contributed by atoms with Crippen LogP contribution in [0.4, 0.5) is 0 Å². The number of aromatic amines is 1. The third-order valence-corrected chi connectivity index (χ3v) is 4.26. The van der Waals surface area contributed by atoms with Gasteiger partial charge < -0.3 is 5.11 Å². The highest BCUT2D eigenvalue weighted by atomic mass is 16.4. The Morgan fingerprint density at radius 2 is 1.93 bits per heavy atom.